The molecule has 0 saturated heterocycles. The third kappa shape index (κ3) is 4.52. The van der Waals surface area contributed by atoms with E-state index in [1.165, 1.54) is 28.7 Å². The minimum absolute atomic E-state index is 0.00989. The summed E-state index contributed by atoms with van der Waals surface area (Å²) >= 11 is 3.04. The zero-order chi connectivity index (χ0) is 20.9. The van der Waals surface area contributed by atoms with Crippen LogP contribution in [-0.2, 0) is 17.8 Å². The topological polar surface area (TPSA) is 55.6 Å². The van der Waals surface area contributed by atoms with Gasteiger partial charge in [0, 0.05) is 4.90 Å². The van der Waals surface area contributed by atoms with E-state index in [9.17, 15) is 4.79 Å². The van der Waals surface area contributed by atoms with Crippen molar-refractivity contribution in [3.05, 3.63) is 72.2 Å². The first-order valence-electron chi connectivity index (χ1n) is 9.66. The van der Waals surface area contributed by atoms with Gasteiger partial charge in [0.15, 0.2) is 5.13 Å². The lowest BCUT2D eigenvalue weighted by atomic mass is 10.1. The van der Waals surface area contributed by atoms with Crippen molar-refractivity contribution in [3.63, 3.8) is 0 Å². The average Bonchev–Trinajstić information content (AvgIpc) is 3.45. The Morgan fingerprint density at radius 2 is 2.00 bits per heavy atom. The van der Waals surface area contributed by atoms with E-state index in [1.54, 1.807) is 18.3 Å². The number of benzene rings is 2. The molecule has 0 bridgehead atoms. The molecule has 0 atom stereocenters. The maximum Gasteiger partial charge on any atom is 0.239 e. The number of amides is 1. The Hall–Kier alpha value is -2.77. The van der Waals surface area contributed by atoms with Crippen LogP contribution in [0.5, 0.6) is 5.75 Å². The van der Waals surface area contributed by atoms with Gasteiger partial charge in [-0.1, -0.05) is 30.4 Å². The quantitative estimate of drug-likeness (QED) is 0.326. The van der Waals surface area contributed by atoms with Gasteiger partial charge in [-0.2, -0.15) is 0 Å². The van der Waals surface area contributed by atoms with Crippen LogP contribution in [0.4, 0.5) is 5.13 Å². The van der Waals surface area contributed by atoms with Crippen LogP contribution < -0.4 is 9.64 Å². The normalized spacial score (nSPS) is 11.0. The number of hydrogen-bond donors (Lipinski definition) is 0. The smallest absolute Gasteiger partial charge is 0.239 e. The number of hydrogen-bond acceptors (Lipinski definition) is 6. The van der Waals surface area contributed by atoms with Gasteiger partial charge in [0.1, 0.15) is 11.5 Å². The van der Waals surface area contributed by atoms with E-state index in [-0.39, 0.29) is 5.91 Å². The molecule has 0 aliphatic heterocycles. The summed E-state index contributed by atoms with van der Waals surface area (Å²) in [6.45, 7) is 2.47. The summed E-state index contributed by atoms with van der Waals surface area (Å²) in [4.78, 5) is 20.8. The van der Waals surface area contributed by atoms with E-state index in [0.717, 1.165) is 33.0 Å². The number of methoxy groups -OCH3 is 1. The predicted octanol–water partition coefficient (Wildman–Crippen LogP) is 5.79. The number of aryl methyl sites for hydroxylation is 1. The highest BCUT2D eigenvalue weighted by Gasteiger charge is 2.22. The predicted molar refractivity (Wildman–Crippen MR) is 123 cm³/mol. The largest absolute Gasteiger partial charge is 0.497 e. The highest BCUT2D eigenvalue weighted by atomic mass is 32.2. The number of nitrogens with zero attached hydrogens (tertiary/aromatic N) is 2. The van der Waals surface area contributed by atoms with Gasteiger partial charge < -0.3 is 9.15 Å². The number of para-hydroxylation sites is 1. The van der Waals surface area contributed by atoms with Crippen LogP contribution in [0.15, 0.2) is 70.2 Å². The molecule has 0 radical (unpaired) electrons. The number of thioether (sulfide) groups is 1. The standard InChI is InChI=1S/C23H22N2O3S2/c1-3-16-6-4-8-20-22(16)24-23(30-20)25(14-18-7-5-13-28-18)21(26)15-29-19-11-9-17(27-2)10-12-19/h4-13H,3,14-15H2,1-2H3. The van der Waals surface area contributed by atoms with Crippen LogP contribution in [0.2, 0.25) is 0 Å². The van der Waals surface area contributed by atoms with Crippen LogP contribution in [0.1, 0.15) is 18.2 Å². The fraction of sp³-hybridized carbons (Fsp3) is 0.217. The Morgan fingerprint density at radius 1 is 1.17 bits per heavy atom. The lowest BCUT2D eigenvalue weighted by Crippen LogP contribution is -2.31. The van der Waals surface area contributed by atoms with E-state index < -0.39 is 0 Å². The van der Waals surface area contributed by atoms with Gasteiger partial charge in [-0.25, -0.2) is 4.98 Å². The van der Waals surface area contributed by atoms with Crippen LogP contribution in [0, 0.1) is 0 Å². The van der Waals surface area contributed by atoms with Gasteiger partial charge in [-0.15, -0.1) is 11.8 Å². The van der Waals surface area contributed by atoms with E-state index >= 15 is 0 Å². The number of thiazole rings is 1. The summed E-state index contributed by atoms with van der Waals surface area (Å²) < 4.78 is 11.8. The van der Waals surface area contributed by atoms with Crippen molar-refractivity contribution >= 4 is 44.4 Å². The van der Waals surface area contributed by atoms with Crippen molar-refractivity contribution < 1.29 is 13.9 Å². The molecule has 0 N–H and O–H groups in total. The Labute approximate surface area is 183 Å². The molecular weight excluding hydrogens is 416 g/mol. The second kappa shape index (κ2) is 9.36. The number of aromatic nitrogens is 1. The van der Waals surface area contributed by atoms with Crippen molar-refractivity contribution in [1.82, 2.24) is 4.98 Å². The minimum Gasteiger partial charge on any atom is -0.497 e. The van der Waals surface area contributed by atoms with Gasteiger partial charge in [0.05, 0.1) is 35.9 Å². The van der Waals surface area contributed by atoms with Crippen molar-refractivity contribution in [2.75, 3.05) is 17.8 Å². The Bertz CT molecular complexity index is 1120. The highest BCUT2D eigenvalue weighted by Crippen LogP contribution is 2.33. The zero-order valence-corrected chi connectivity index (χ0v) is 18.5. The molecule has 7 heteroatoms. The molecule has 5 nitrogen and oxygen atoms in total. The number of carbonyl (C=O) groups excluding carboxylic acids is 1. The summed E-state index contributed by atoms with van der Waals surface area (Å²) in [6.07, 6.45) is 2.53. The second-order valence-corrected chi connectivity index (χ2v) is 8.70. The fourth-order valence-corrected chi connectivity index (χ4v) is 4.92. The molecule has 0 unspecified atom stereocenters. The molecule has 2 aromatic carbocycles. The van der Waals surface area contributed by atoms with Gasteiger partial charge in [0.2, 0.25) is 5.91 Å². The average molecular weight is 439 g/mol. The molecular formula is C23H22N2O3S2. The SMILES string of the molecule is CCc1cccc2sc(N(Cc3ccco3)C(=O)CSc3ccc(OC)cc3)nc12. The maximum atomic E-state index is 13.2. The first kappa shape index (κ1) is 20.5. The summed E-state index contributed by atoms with van der Waals surface area (Å²) in [5.41, 5.74) is 2.16. The fourth-order valence-electron chi connectivity index (χ4n) is 3.11. The second-order valence-electron chi connectivity index (χ2n) is 6.64. The molecule has 0 spiro atoms. The summed E-state index contributed by atoms with van der Waals surface area (Å²) in [7, 11) is 1.64. The van der Waals surface area contributed by atoms with Crippen molar-refractivity contribution in [2.24, 2.45) is 0 Å². The minimum atomic E-state index is -0.00989. The Morgan fingerprint density at radius 3 is 2.70 bits per heavy atom. The first-order valence-corrected chi connectivity index (χ1v) is 11.5. The van der Waals surface area contributed by atoms with Crippen LogP contribution in [0.3, 0.4) is 0 Å². The van der Waals surface area contributed by atoms with Crippen LogP contribution in [-0.4, -0.2) is 23.8 Å². The summed E-state index contributed by atoms with van der Waals surface area (Å²) in [5.74, 6) is 1.83. The van der Waals surface area contributed by atoms with E-state index in [0.29, 0.717) is 17.4 Å². The maximum absolute atomic E-state index is 13.2. The summed E-state index contributed by atoms with van der Waals surface area (Å²) in [5, 5.41) is 0.697. The number of fused-ring (bicyclic) bond motifs is 1. The molecule has 1 amide bonds. The van der Waals surface area contributed by atoms with E-state index in [1.807, 2.05) is 42.5 Å². The summed E-state index contributed by atoms with van der Waals surface area (Å²) in [6, 6.07) is 17.6. The molecule has 0 saturated carbocycles. The van der Waals surface area contributed by atoms with Crippen molar-refractivity contribution in [2.45, 2.75) is 24.8 Å². The number of carbonyl (C=O) groups is 1. The monoisotopic (exact) mass is 438 g/mol. The van der Waals surface area contributed by atoms with Crippen LogP contribution in [0.25, 0.3) is 10.2 Å². The van der Waals surface area contributed by atoms with Crippen molar-refractivity contribution in [1.29, 1.82) is 0 Å². The lowest BCUT2D eigenvalue weighted by molar-refractivity contribution is -0.116. The molecule has 4 rings (SSSR count). The van der Waals surface area contributed by atoms with Gasteiger partial charge in [0.25, 0.3) is 0 Å². The molecule has 2 heterocycles. The number of rotatable bonds is 8. The van der Waals surface area contributed by atoms with Gasteiger partial charge in [-0.3, -0.25) is 9.69 Å². The van der Waals surface area contributed by atoms with E-state index in [4.69, 9.17) is 14.1 Å². The van der Waals surface area contributed by atoms with Crippen LogP contribution >= 0.6 is 23.1 Å². The molecule has 0 aliphatic carbocycles. The zero-order valence-electron chi connectivity index (χ0n) is 16.8. The molecule has 154 valence electrons. The van der Waals surface area contributed by atoms with Gasteiger partial charge >= 0.3 is 0 Å². The third-order valence-corrected chi connectivity index (χ3v) is 6.76. The lowest BCUT2D eigenvalue weighted by Gasteiger charge is -2.18. The number of ether oxygens (including phenoxy) is 1. The number of anilines is 1. The molecule has 4 aromatic rings. The highest BCUT2D eigenvalue weighted by molar-refractivity contribution is 8.00. The Balaban J connectivity index is 1.58. The molecule has 0 fully saturated rings. The first-order chi connectivity index (χ1) is 14.7. The third-order valence-electron chi connectivity index (χ3n) is 4.72. The molecule has 30 heavy (non-hydrogen) atoms. The van der Waals surface area contributed by atoms with Crippen molar-refractivity contribution in [3.8, 4) is 5.75 Å². The molecule has 0 aliphatic rings. The Kier molecular flexibility index (Phi) is 6.40. The molecule has 2 aromatic heterocycles. The van der Waals surface area contributed by atoms with Gasteiger partial charge in [-0.05, 0) is 54.4 Å². The number of furan rings is 1. The van der Waals surface area contributed by atoms with E-state index in [2.05, 4.69) is 19.1 Å².